The molecule has 24 heavy (non-hydrogen) atoms. The van der Waals surface area contributed by atoms with E-state index in [1.54, 1.807) is 0 Å². The fourth-order valence-corrected chi connectivity index (χ4v) is 6.45. The molecule has 1 saturated heterocycles. The number of fused-ring (bicyclic) bond motifs is 3. The summed E-state index contributed by atoms with van der Waals surface area (Å²) in [7, 11) is 0. The zero-order valence-corrected chi connectivity index (χ0v) is 15.4. The zero-order chi connectivity index (χ0) is 17.4. The minimum absolute atomic E-state index is 0.140. The molecular formula is C20H30O4. The Hall–Kier alpha value is -0.870. The van der Waals surface area contributed by atoms with Crippen molar-refractivity contribution in [2.45, 2.75) is 83.8 Å². The molecule has 134 valence electrons. The minimum Gasteiger partial charge on any atom is -0.481 e. The molecule has 1 spiro atoms. The SMILES string of the molecule is CC(C)[C@@]12C=C3CC[C@H]4[C@](C)(CCC[C@]4(C)C(=O)O)[C@]3(CC1)OO2. The summed E-state index contributed by atoms with van der Waals surface area (Å²) in [6.45, 7) is 8.60. The molecule has 5 atom stereocenters. The second-order valence-electron chi connectivity index (χ2n) is 9.36. The van der Waals surface area contributed by atoms with Crippen molar-refractivity contribution in [1.29, 1.82) is 0 Å². The first-order valence-electron chi connectivity index (χ1n) is 9.53. The van der Waals surface area contributed by atoms with Gasteiger partial charge in [-0.25, -0.2) is 9.78 Å². The van der Waals surface area contributed by atoms with E-state index < -0.39 is 17.0 Å². The van der Waals surface area contributed by atoms with Crippen LogP contribution in [0.2, 0.25) is 0 Å². The Kier molecular flexibility index (Phi) is 3.35. The topological polar surface area (TPSA) is 55.8 Å². The molecule has 5 aliphatic rings. The van der Waals surface area contributed by atoms with Crippen LogP contribution < -0.4 is 0 Å². The first-order chi connectivity index (χ1) is 11.2. The molecule has 2 aliphatic heterocycles. The van der Waals surface area contributed by atoms with Gasteiger partial charge in [0.2, 0.25) is 0 Å². The predicted octanol–water partition coefficient (Wildman–Crippen LogP) is 4.49. The first-order valence-corrected chi connectivity index (χ1v) is 9.53. The van der Waals surface area contributed by atoms with Gasteiger partial charge >= 0.3 is 5.97 Å². The average Bonchev–Trinajstić information content (AvgIpc) is 2.55. The van der Waals surface area contributed by atoms with Crippen molar-refractivity contribution in [2.75, 3.05) is 0 Å². The quantitative estimate of drug-likeness (QED) is 0.597. The Morgan fingerprint density at radius 1 is 1.21 bits per heavy atom. The highest BCUT2D eigenvalue weighted by Crippen LogP contribution is 2.68. The highest BCUT2D eigenvalue weighted by molar-refractivity contribution is 5.75. The molecular weight excluding hydrogens is 304 g/mol. The summed E-state index contributed by atoms with van der Waals surface area (Å²) in [6.07, 6.45) is 8.91. The molecule has 0 radical (unpaired) electrons. The third kappa shape index (κ3) is 1.74. The van der Waals surface area contributed by atoms with E-state index in [0.29, 0.717) is 5.92 Å². The van der Waals surface area contributed by atoms with E-state index in [1.807, 2.05) is 6.92 Å². The van der Waals surface area contributed by atoms with E-state index in [-0.39, 0.29) is 16.9 Å². The number of carbonyl (C=O) groups is 1. The van der Waals surface area contributed by atoms with Gasteiger partial charge in [-0.15, -0.1) is 0 Å². The fraction of sp³-hybridized carbons (Fsp3) is 0.850. The van der Waals surface area contributed by atoms with Crippen molar-refractivity contribution >= 4 is 5.97 Å². The third-order valence-electron chi connectivity index (χ3n) is 8.17. The fourth-order valence-electron chi connectivity index (χ4n) is 6.45. The van der Waals surface area contributed by atoms with Crippen LogP contribution in [0, 0.1) is 22.7 Å². The molecule has 2 heterocycles. The molecule has 0 aromatic rings. The Balaban J connectivity index is 1.81. The van der Waals surface area contributed by atoms with Crippen LogP contribution in [-0.2, 0) is 14.6 Å². The number of rotatable bonds is 2. The monoisotopic (exact) mass is 334 g/mol. The molecule has 3 fully saturated rings. The number of carboxylic acid groups (broad SMARTS) is 1. The van der Waals surface area contributed by atoms with Crippen molar-refractivity contribution in [1.82, 2.24) is 0 Å². The van der Waals surface area contributed by atoms with E-state index in [1.165, 1.54) is 5.57 Å². The highest BCUT2D eigenvalue weighted by Gasteiger charge is 2.69. The van der Waals surface area contributed by atoms with Crippen LogP contribution in [0.3, 0.4) is 0 Å². The second-order valence-corrected chi connectivity index (χ2v) is 9.36. The summed E-state index contributed by atoms with van der Waals surface area (Å²) in [6, 6.07) is 0. The van der Waals surface area contributed by atoms with E-state index in [4.69, 9.17) is 9.78 Å². The molecule has 2 bridgehead atoms. The van der Waals surface area contributed by atoms with E-state index in [9.17, 15) is 9.90 Å². The summed E-state index contributed by atoms with van der Waals surface area (Å²) in [5.41, 5.74) is -0.136. The Bertz CT molecular complexity index is 599. The molecule has 3 aliphatic carbocycles. The van der Waals surface area contributed by atoms with Crippen molar-refractivity contribution < 1.29 is 19.7 Å². The molecule has 4 nitrogen and oxygen atoms in total. The van der Waals surface area contributed by atoms with E-state index >= 15 is 0 Å². The molecule has 0 unspecified atom stereocenters. The summed E-state index contributed by atoms with van der Waals surface area (Å²) in [4.78, 5) is 24.3. The molecule has 0 amide bonds. The summed E-state index contributed by atoms with van der Waals surface area (Å²) >= 11 is 0. The average molecular weight is 334 g/mol. The lowest BCUT2D eigenvalue weighted by atomic mass is 9.43. The van der Waals surface area contributed by atoms with Crippen LogP contribution >= 0.6 is 0 Å². The van der Waals surface area contributed by atoms with Crippen LogP contribution in [-0.4, -0.2) is 22.3 Å². The van der Waals surface area contributed by atoms with Crippen LogP contribution in [0.4, 0.5) is 0 Å². The van der Waals surface area contributed by atoms with Gasteiger partial charge in [-0.3, -0.25) is 4.79 Å². The van der Waals surface area contributed by atoms with Gasteiger partial charge in [-0.2, -0.15) is 0 Å². The largest absolute Gasteiger partial charge is 0.481 e. The molecule has 0 aromatic carbocycles. The second kappa shape index (κ2) is 4.85. The standard InChI is InChI=1S/C20H30O4/c1-13(2)19-10-11-20(24-23-19)14(12-19)6-7-15-17(3,16(21)22)8-5-9-18(15,20)4/h12-13,15H,5-11H2,1-4H3,(H,21,22)/t15-,17+,18+,19+,20-/m1/s1. The summed E-state index contributed by atoms with van der Waals surface area (Å²) in [5, 5.41) is 9.94. The van der Waals surface area contributed by atoms with Gasteiger partial charge in [0, 0.05) is 5.41 Å². The van der Waals surface area contributed by atoms with Gasteiger partial charge in [0.1, 0.15) is 11.2 Å². The normalized spacial score (nSPS) is 50.2. The summed E-state index contributed by atoms with van der Waals surface area (Å²) < 4.78 is 0. The maximum Gasteiger partial charge on any atom is 0.309 e. The molecule has 5 rings (SSSR count). The number of hydrogen-bond acceptors (Lipinski definition) is 3. The number of aliphatic carboxylic acids is 1. The Labute approximate surface area is 144 Å². The maximum atomic E-state index is 12.1. The lowest BCUT2D eigenvalue weighted by Crippen LogP contribution is -2.68. The number of hydrogen-bond donors (Lipinski definition) is 1. The van der Waals surface area contributed by atoms with Crippen molar-refractivity contribution in [3.8, 4) is 0 Å². The van der Waals surface area contributed by atoms with E-state index in [0.717, 1.165) is 44.9 Å². The number of carboxylic acids is 1. The zero-order valence-electron chi connectivity index (χ0n) is 15.4. The third-order valence-corrected chi connectivity index (χ3v) is 8.17. The predicted molar refractivity (Wildman–Crippen MR) is 90.2 cm³/mol. The Morgan fingerprint density at radius 3 is 2.54 bits per heavy atom. The lowest BCUT2D eigenvalue weighted by Gasteiger charge is -2.66. The molecule has 4 heteroatoms. The van der Waals surface area contributed by atoms with Gasteiger partial charge in [-0.1, -0.05) is 27.2 Å². The minimum atomic E-state index is -0.652. The van der Waals surface area contributed by atoms with Crippen LogP contribution in [0.25, 0.3) is 0 Å². The van der Waals surface area contributed by atoms with Gasteiger partial charge in [-0.05, 0) is 68.9 Å². The smallest absolute Gasteiger partial charge is 0.309 e. The van der Waals surface area contributed by atoms with Crippen LogP contribution in [0.5, 0.6) is 0 Å². The first kappa shape index (κ1) is 16.6. The summed E-state index contributed by atoms with van der Waals surface area (Å²) in [5.74, 6) is -0.127. The maximum absolute atomic E-state index is 12.1. The van der Waals surface area contributed by atoms with E-state index in [2.05, 4.69) is 26.8 Å². The molecule has 0 aromatic heterocycles. The van der Waals surface area contributed by atoms with Crippen molar-refractivity contribution in [2.24, 2.45) is 22.7 Å². The molecule has 2 saturated carbocycles. The highest BCUT2D eigenvalue weighted by atomic mass is 17.2. The van der Waals surface area contributed by atoms with Gasteiger partial charge in [0.05, 0.1) is 5.41 Å². The molecule has 1 N–H and O–H groups in total. The van der Waals surface area contributed by atoms with Crippen LogP contribution in [0.1, 0.15) is 72.6 Å². The Morgan fingerprint density at radius 2 is 1.96 bits per heavy atom. The lowest BCUT2D eigenvalue weighted by molar-refractivity contribution is -0.465. The van der Waals surface area contributed by atoms with Gasteiger partial charge in [0.15, 0.2) is 0 Å². The van der Waals surface area contributed by atoms with Crippen LogP contribution in [0.15, 0.2) is 11.6 Å². The van der Waals surface area contributed by atoms with Crippen molar-refractivity contribution in [3.05, 3.63) is 11.6 Å². The van der Waals surface area contributed by atoms with Crippen molar-refractivity contribution in [3.63, 3.8) is 0 Å². The van der Waals surface area contributed by atoms with Gasteiger partial charge < -0.3 is 5.11 Å². The van der Waals surface area contributed by atoms with Gasteiger partial charge in [0.25, 0.3) is 0 Å².